The summed E-state index contributed by atoms with van der Waals surface area (Å²) in [6.45, 7) is 2.32. The van der Waals surface area contributed by atoms with E-state index < -0.39 is 5.97 Å². The lowest BCUT2D eigenvalue weighted by molar-refractivity contribution is 0.0525. The van der Waals surface area contributed by atoms with Crippen LogP contribution in [0.25, 0.3) is 22.1 Å². The van der Waals surface area contributed by atoms with Crippen molar-refractivity contribution in [2.24, 2.45) is 0 Å². The van der Waals surface area contributed by atoms with Gasteiger partial charge in [0.05, 0.1) is 36.1 Å². The average molecular weight is 420 g/mol. The fraction of sp³-hybridized carbons (Fsp3) is 0.174. The van der Waals surface area contributed by atoms with Crippen molar-refractivity contribution in [1.29, 1.82) is 0 Å². The molecule has 0 aliphatic heterocycles. The number of phenolic OH excluding ortho intramolecular Hbond substituents is 1. The van der Waals surface area contributed by atoms with Crippen LogP contribution in [0.1, 0.15) is 23.0 Å². The molecular formula is C23H20N2O6. The Labute approximate surface area is 177 Å². The quantitative estimate of drug-likeness (QED) is 0.438. The zero-order valence-electron chi connectivity index (χ0n) is 16.8. The Kier molecular flexibility index (Phi) is 5.70. The standard InChI is InChI=1S/C23H20N2O6/c1-2-29-23(28)18-12-24-25-20(18)9-10-30-16-7-8-17-21(11-16)31-13-19(22(17)27)14-3-5-15(26)6-4-14/h3-8,11-13,26H,2,9-10H2,1H3,(H,24,25). The number of aromatic amines is 1. The maximum absolute atomic E-state index is 12.8. The molecule has 2 aromatic heterocycles. The van der Waals surface area contributed by atoms with E-state index >= 15 is 0 Å². The summed E-state index contributed by atoms with van der Waals surface area (Å²) in [6.07, 6.45) is 3.26. The van der Waals surface area contributed by atoms with Crippen LogP contribution in [0, 0.1) is 0 Å². The normalized spacial score (nSPS) is 10.9. The summed E-state index contributed by atoms with van der Waals surface area (Å²) in [7, 11) is 0. The Morgan fingerprint density at radius 3 is 2.77 bits per heavy atom. The predicted molar refractivity (Wildman–Crippen MR) is 113 cm³/mol. The highest BCUT2D eigenvalue weighted by molar-refractivity contribution is 5.90. The van der Waals surface area contributed by atoms with Gasteiger partial charge in [-0.15, -0.1) is 0 Å². The van der Waals surface area contributed by atoms with Gasteiger partial charge < -0.3 is 19.0 Å². The number of ether oxygens (including phenoxy) is 2. The first-order valence-electron chi connectivity index (χ1n) is 9.74. The average Bonchev–Trinajstić information content (AvgIpc) is 3.24. The van der Waals surface area contributed by atoms with Gasteiger partial charge in [-0.2, -0.15) is 5.10 Å². The van der Waals surface area contributed by atoms with Gasteiger partial charge in [-0.1, -0.05) is 12.1 Å². The largest absolute Gasteiger partial charge is 0.508 e. The summed E-state index contributed by atoms with van der Waals surface area (Å²) in [6, 6.07) is 11.3. The number of aromatic hydroxyl groups is 1. The number of phenols is 1. The van der Waals surface area contributed by atoms with Gasteiger partial charge in [-0.3, -0.25) is 9.89 Å². The number of esters is 1. The summed E-state index contributed by atoms with van der Waals surface area (Å²) >= 11 is 0. The number of rotatable bonds is 7. The lowest BCUT2D eigenvalue weighted by Crippen LogP contribution is -2.09. The number of nitrogens with one attached hydrogen (secondary N) is 1. The monoisotopic (exact) mass is 420 g/mol. The lowest BCUT2D eigenvalue weighted by Gasteiger charge is -2.08. The van der Waals surface area contributed by atoms with Crippen LogP contribution < -0.4 is 10.2 Å². The summed E-state index contributed by atoms with van der Waals surface area (Å²) < 4.78 is 16.4. The molecule has 8 heteroatoms. The van der Waals surface area contributed by atoms with E-state index in [2.05, 4.69) is 10.2 Å². The van der Waals surface area contributed by atoms with E-state index in [-0.39, 0.29) is 24.4 Å². The molecule has 2 aromatic carbocycles. The van der Waals surface area contributed by atoms with E-state index in [1.165, 1.54) is 24.6 Å². The molecule has 0 unspecified atom stereocenters. The number of hydrogen-bond donors (Lipinski definition) is 2. The molecule has 2 heterocycles. The van der Waals surface area contributed by atoms with Crippen LogP contribution in [0.4, 0.5) is 0 Å². The second-order valence-corrected chi connectivity index (χ2v) is 6.76. The van der Waals surface area contributed by atoms with Crippen LogP contribution in [0.3, 0.4) is 0 Å². The van der Waals surface area contributed by atoms with Crippen LogP contribution in [0.5, 0.6) is 11.5 Å². The molecule has 8 nitrogen and oxygen atoms in total. The maximum atomic E-state index is 12.8. The molecule has 0 aliphatic rings. The summed E-state index contributed by atoms with van der Waals surface area (Å²) in [5, 5.41) is 16.5. The van der Waals surface area contributed by atoms with Crippen LogP contribution in [-0.4, -0.2) is 34.5 Å². The molecule has 0 fully saturated rings. The van der Waals surface area contributed by atoms with Gasteiger partial charge in [0.1, 0.15) is 28.9 Å². The number of aromatic nitrogens is 2. The molecule has 158 valence electrons. The fourth-order valence-electron chi connectivity index (χ4n) is 3.20. The van der Waals surface area contributed by atoms with Crippen LogP contribution in [-0.2, 0) is 11.2 Å². The van der Waals surface area contributed by atoms with E-state index in [9.17, 15) is 14.7 Å². The molecule has 0 saturated heterocycles. The first-order valence-corrected chi connectivity index (χ1v) is 9.74. The zero-order chi connectivity index (χ0) is 21.8. The smallest absolute Gasteiger partial charge is 0.341 e. The third kappa shape index (κ3) is 4.28. The SMILES string of the molecule is CCOC(=O)c1cn[nH]c1CCOc1ccc2c(=O)c(-c3ccc(O)cc3)coc2c1. The minimum Gasteiger partial charge on any atom is -0.508 e. The van der Waals surface area contributed by atoms with Gasteiger partial charge >= 0.3 is 5.97 Å². The van der Waals surface area contributed by atoms with Gasteiger partial charge in [-0.05, 0) is 36.8 Å². The Bertz CT molecular complexity index is 1270. The minimum absolute atomic E-state index is 0.125. The van der Waals surface area contributed by atoms with Crippen LogP contribution in [0.15, 0.2) is 64.1 Å². The van der Waals surface area contributed by atoms with Gasteiger partial charge in [0.2, 0.25) is 0 Å². The minimum atomic E-state index is -0.428. The first-order chi connectivity index (χ1) is 15.1. The van der Waals surface area contributed by atoms with Crippen molar-refractivity contribution >= 4 is 16.9 Å². The van der Waals surface area contributed by atoms with Gasteiger partial charge in [0.25, 0.3) is 0 Å². The van der Waals surface area contributed by atoms with Crippen molar-refractivity contribution in [2.75, 3.05) is 13.2 Å². The molecule has 2 N–H and O–H groups in total. The number of fused-ring (bicyclic) bond motifs is 1. The Hall–Kier alpha value is -4.07. The van der Waals surface area contributed by atoms with E-state index in [1.807, 2.05) is 0 Å². The molecule has 0 aliphatic carbocycles. The first kappa shape index (κ1) is 20.2. The zero-order valence-corrected chi connectivity index (χ0v) is 16.8. The van der Waals surface area contributed by atoms with Gasteiger partial charge in [-0.25, -0.2) is 4.79 Å². The van der Waals surface area contributed by atoms with E-state index in [4.69, 9.17) is 13.9 Å². The highest BCUT2D eigenvalue weighted by Crippen LogP contribution is 2.24. The van der Waals surface area contributed by atoms with Crippen molar-refractivity contribution < 1.29 is 23.8 Å². The highest BCUT2D eigenvalue weighted by atomic mass is 16.5. The predicted octanol–water partition coefficient (Wildman–Crippen LogP) is 3.69. The number of H-pyrrole nitrogens is 1. The Morgan fingerprint density at radius 2 is 2.00 bits per heavy atom. The molecule has 0 atom stereocenters. The van der Waals surface area contributed by atoms with Crippen molar-refractivity contribution in [3.05, 3.63) is 76.4 Å². The molecule has 0 saturated carbocycles. The molecular weight excluding hydrogens is 400 g/mol. The summed E-state index contributed by atoms with van der Waals surface area (Å²) in [4.78, 5) is 24.7. The number of carbonyl (C=O) groups excluding carboxylic acids is 1. The van der Waals surface area contributed by atoms with Crippen LogP contribution in [0.2, 0.25) is 0 Å². The lowest BCUT2D eigenvalue weighted by atomic mass is 10.1. The highest BCUT2D eigenvalue weighted by Gasteiger charge is 2.15. The molecule has 4 rings (SSSR count). The molecule has 0 radical (unpaired) electrons. The molecule has 4 aromatic rings. The Balaban J connectivity index is 1.48. The summed E-state index contributed by atoms with van der Waals surface area (Å²) in [5.74, 6) is 0.230. The van der Waals surface area contributed by atoms with Crippen molar-refractivity contribution in [3.63, 3.8) is 0 Å². The number of carbonyl (C=O) groups is 1. The number of nitrogens with zero attached hydrogens (tertiary/aromatic N) is 1. The molecule has 0 amide bonds. The van der Waals surface area contributed by atoms with E-state index in [0.717, 1.165) is 0 Å². The van der Waals surface area contributed by atoms with Crippen molar-refractivity contribution in [3.8, 4) is 22.6 Å². The summed E-state index contributed by atoms with van der Waals surface area (Å²) in [5.41, 5.74) is 2.31. The third-order valence-electron chi connectivity index (χ3n) is 4.76. The van der Waals surface area contributed by atoms with Crippen molar-refractivity contribution in [2.45, 2.75) is 13.3 Å². The maximum Gasteiger partial charge on any atom is 0.341 e. The van der Waals surface area contributed by atoms with Gasteiger partial charge in [0, 0.05) is 12.5 Å². The number of hydrogen-bond acceptors (Lipinski definition) is 7. The van der Waals surface area contributed by atoms with Crippen molar-refractivity contribution in [1.82, 2.24) is 10.2 Å². The van der Waals surface area contributed by atoms with Gasteiger partial charge in [0.15, 0.2) is 5.43 Å². The molecule has 31 heavy (non-hydrogen) atoms. The van der Waals surface area contributed by atoms with E-state index in [0.29, 0.717) is 45.5 Å². The third-order valence-corrected chi connectivity index (χ3v) is 4.76. The molecule has 0 bridgehead atoms. The van der Waals surface area contributed by atoms with E-state index in [1.54, 1.807) is 37.3 Å². The molecule has 0 spiro atoms. The topological polar surface area (TPSA) is 115 Å². The Morgan fingerprint density at radius 1 is 1.19 bits per heavy atom. The number of benzene rings is 2. The van der Waals surface area contributed by atoms with Crippen LogP contribution >= 0.6 is 0 Å². The second-order valence-electron chi connectivity index (χ2n) is 6.76. The fourth-order valence-corrected chi connectivity index (χ4v) is 3.20. The second kappa shape index (κ2) is 8.74.